The SMILES string of the molecule is Cc1ccc(S(=O)(=O)C(C#N)=CN2CCN(c3ccccc3)CC2)cc1C. The van der Waals surface area contributed by atoms with E-state index in [1.807, 2.05) is 43.0 Å². The maximum atomic E-state index is 12.9. The van der Waals surface area contributed by atoms with Gasteiger partial charge < -0.3 is 9.80 Å². The molecule has 0 N–H and O–H groups in total. The first-order valence-electron chi connectivity index (χ1n) is 8.90. The van der Waals surface area contributed by atoms with Crippen LogP contribution in [0.1, 0.15) is 11.1 Å². The molecule has 3 rings (SSSR count). The van der Waals surface area contributed by atoms with Gasteiger partial charge in [0.1, 0.15) is 6.07 Å². The molecule has 2 aromatic rings. The average molecular weight is 382 g/mol. The second kappa shape index (κ2) is 7.85. The molecule has 1 saturated heterocycles. The number of benzene rings is 2. The van der Waals surface area contributed by atoms with Gasteiger partial charge in [-0.2, -0.15) is 5.26 Å². The first-order valence-corrected chi connectivity index (χ1v) is 10.4. The van der Waals surface area contributed by atoms with Gasteiger partial charge in [0.25, 0.3) is 0 Å². The van der Waals surface area contributed by atoms with Gasteiger partial charge in [0.05, 0.1) is 4.90 Å². The topological polar surface area (TPSA) is 64.4 Å². The largest absolute Gasteiger partial charge is 0.372 e. The van der Waals surface area contributed by atoms with Gasteiger partial charge in [-0.1, -0.05) is 24.3 Å². The third kappa shape index (κ3) is 4.15. The molecule has 0 saturated carbocycles. The zero-order chi connectivity index (χ0) is 19.4. The average Bonchev–Trinajstić information content (AvgIpc) is 2.69. The van der Waals surface area contributed by atoms with Crippen LogP contribution in [0.4, 0.5) is 5.69 Å². The highest BCUT2D eigenvalue weighted by Gasteiger charge is 2.23. The van der Waals surface area contributed by atoms with E-state index in [0.29, 0.717) is 13.1 Å². The summed E-state index contributed by atoms with van der Waals surface area (Å²) in [5.74, 6) is 0. The van der Waals surface area contributed by atoms with Gasteiger partial charge in [-0.25, -0.2) is 8.42 Å². The molecule has 0 spiro atoms. The minimum atomic E-state index is -3.81. The molecule has 0 aliphatic carbocycles. The molecule has 1 fully saturated rings. The summed E-state index contributed by atoms with van der Waals surface area (Å²) >= 11 is 0. The molecule has 5 nitrogen and oxygen atoms in total. The standard InChI is InChI=1S/C21H23N3O2S/c1-17-8-9-20(14-18(17)2)27(25,26)21(15-22)16-23-10-12-24(13-11-23)19-6-4-3-5-7-19/h3-9,14,16H,10-13H2,1-2H3. The molecule has 1 aliphatic heterocycles. The van der Waals surface area contributed by atoms with Crippen LogP contribution in [0.3, 0.4) is 0 Å². The van der Waals surface area contributed by atoms with Gasteiger partial charge in [0, 0.05) is 38.1 Å². The van der Waals surface area contributed by atoms with Crippen molar-refractivity contribution < 1.29 is 8.42 Å². The summed E-state index contributed by atoms with van der Waals surface area (Å²) in [6.07, 6.45) is 1.49. The van der Waals surface area contributed by atoms with Crippen LogP contribution in [0, 0.1) is 25.2 Å². The summed E-state index contributed by atoms with van der Waals surface area (Å²) in [6.45, 7) is 6.70. The van der Waals surface area contributed by atoms with Gasteiger partial charge in [-0.05, 0) is 49.2 Å². The van der Waals surface area contributed by atoms with Crippen molar-refractivity contribution in [2.45, 2.75) is 18.7 Å². The summed E-state index contributed by atoms with van der Waals surface area (Å²) in [5, 5.41) is 9.47. The smallest absolute Gasteiger partial charge is 0.218 e. The number of para-hydroxylation sites is 1. The molecular formula is C21H23N3O2S. The summed E-state index contributed by atoms with van der Waals surface area (Å²) in [6, 6.07) is 17.0. The molecule has 0 aromatic heterocycles. The molecule has 27 heavy (non-hydrogen) atoms. The van der Waals surface area contributed by atoms with E-state index in [-0.39, 0.29) is 9.80 Å². The number of hydrogen-bond donors (Lipinski definition) is 0. The van der Waals surface area contributed by atoms with Crippen molar-refractivity contribution in [3.63, 3.8) is 0 Å². The van der Waals surface area contributed by atoms with Crippen molar-refractivity contribution in [1.82, 2.24) is 4.90 Å². The number of aryl methyl sites for hydroxylation is 2. The van der Waals surface area contributed by atoms with E-state index in [4.69, 9.17) is 0 Å². The molecular weight excluding hydrogens is 358 g/mol. The lowest BCUT2D eigenvalue weighted by Crippen LogP contribution is -2.44. The van der Waals surface area contributed by atoms with E-state index < -0.39 is 9.84 Å². The first-order chi connectivity index (χ1) is 12.9. The lowest BCUT2D eigenvalue weighted by Gasteiger charge is -2.35. The first kappa shape index (κ1) is 19.0. The fourth-order valence-corrected chi connectivity index (χ4v) is 4.32. The predicted molar refractivity (Wildman–Crippen MR) is 107 cm³/mol. The van der Waals surface area contributed by atoms with E-state index in [1.54, 1.807) is 18.2 Å². The third-order valence-corrected chi connectivity index (χ3v) is 6.57. The number of rotatable bonds is 4. The Balaban J connectivity index is 1.77. The Bertz CT molecular complexity index is 984. The van der Waals surface area contributed by atoms with Crippen LogP contribution >= 0.6 is 0 Å². The summed E-state index contributed by atoms with van der Waals surface area (Å²) in [5.41, 5.74) is 3.07. The predicted octanol–water partition coefficient (Wildman–Crippen LogP) is 3.26. The molecule has 140 valence electrons. The normalized spacial score (nSPS) is 15.5. The van der Waals surface area contributed by atoms with Crippen LogP contribution in [0.5, 0.6) is 0 Å². The van der Waals surface area contributed by atoms with E-state index in [1.165, 1.54) is 6.20 Å². The quantitative estimate of drug-likeness (QED) is 0.761. The second-order valence-corrected chi connectivity index (χ2v) is 8.63. The van der Waals surface area contributed by atoms with Gasteiger partial charge in [0.15, 0.2) is 4.91 Å². The molecule has 0 radical (unpaired) electrons. The van der Waals surface area contributed by atoms with Crippen molar-refractivity contribution >= 4 is 15.5 Å². The summed E-state index contributed by atoms with van der Waals surface area (Å²) in [4.78, 5) is 4.13. The van der Waals surface area contributed by atoms with Gasteiger partial charge in [-0.15, -0.1) is 0 Å². The third-order valence-electron chi connectivity index (χ3n) is 4.92. The van der Waals surface area contributed by atoms with Crippen LogP contribution in [-0.2, 0) is 9.84 Å². The number of allylic oxidation sites excluding steroid dienone is 1. The molecule has 0 amide bonds. The van der Waals surface area contributed by atoms with Crippen molar-refractivity contribution in [1.29, 1.82) is 5.26 Å². The van der Waals surface area contributed by atoms with Crippen molar-refractivity contribution in [2.24, 2.45) is 0 Å². The lowest BCUT2D eigenvalue weighted by atomic mass is 10.1. The lowest BCUT2D eigenvalue weighted by molar-refractivity contribution is 0.348. The van der Waals surface area contributed by atoms with Crippen molar-refractivity contribution in [3.05, 3.63) is 70.8 Å². The highest BCUT2D eigenvalue weighted by molar-refractivity contribution is 7.95. The fraction of sp³-hybridized carbons (Fsp3) is 0.286. The van der Waals surface area contributed by atoms with Crippen LogP contribution in [-0.4, -0.2) is 39.5 Å². The van der Waals surface area contributed by atoms with Crippen LogP contribution in [0.15, 0.2) is 64.5 Å². The van der Waals surface area contributed by atoms with E-state index in [9.17, 15) is 13.7 Å². The van der Waals surface area contributed by atoms with Gasteiger partial charge in [-0.3, -0.25) is 0 Å². The Morgan fingerprint density at radius 3 is 2.26 bits per heavy atom. The van der Waals surface area contributed by atoms with Gasteiger partial charge in [0.2, 0.25) is 9.84 Å². The molecule has 1 heterocycles. The van der Waals surface area contributed by atoms with E-state index >= 15 is 0 Å². The maximum Gasteiger partial charge on any atom is 0.218 e. The molecule has 1 aliphatic rings. The maximum absolute atomic E-state index is 12.9. The monoisotopic (exact) mass is 381 g/mol. The zero-order valence-electron chi connectivity index (χ0n) is 15.6. The number of nitriles is 1. The number of sulfone groups is 1. The van der Waals surface area contributed by atoms with Gasteiger partial charge >= 0.3 is 0 Å². The minimum absolute atomic E-state index is 0.168. The molecule has 0 unspecified atom stereocenters. The Morgan fingerprint density at radius 2 is 1.67 bits per heavy atom. The summed E-state index contributed by atoms with van der Waals surface area (Å²) in [7, 11) is -3.81. The second-order valence-electron chi connectivity index (χ2n) is 6.71. The fourth-order valence-electron chi connectivity index (χ4n) is 3.08. The molecule has 0 bridgehead atoms. The minimum Gasteiger partial charge on any atom is -0.372 e. The number of nitrogens with zero attached hydrogens (tertiary/aromatic N) is 3. The van der Waals surface area contributed by atoms with Crippen LogP contribution < -0.4 is 4.90 Å². The highest BCUT2D eigenvalue weighted by Crippen LogP contribution is 2.23. The van der Waals surface area contributed by atoms with E-state index in [2.05, 4.69) is 17.0 Å². The Labute approximate surface area is 161 Å². The number of piperazine rings is 1. The molecule has 0 atom stereocenters. The number of hydrogen-bond acceptors (Lipinski definition) is 5. The Kier molecular flexibility index (Phi) is 5.52. The number of anilines is 1. The van der Waals surface area contributed by atoms with Crippen LogP contribution in [0.2, 0.25) is 0 Å². The van der Waals surface area contributed by atoms with E-state index in [0.717, 1.165) is 29.9 Å². The van der Waals surface area contributed by atoms with Crippen LogP contribution in [0.25, 0.3) is 0 Å². The summed E-state index contributed by atoms with van der Waals surface area (Å²) < 4.78 is 25.7. The zero-order valence-corrected chi connectivity index (χ0v) is 16.4. The molecule has 6 heteroatoms. The molecule has 2 aromatic carbocycles. The Hall–Kier alpha value is -2.78. The highest BCUT2D eigenvalue weighted by atomic mass is 32.2. The van der Waals surface area contributed by atoms with Crippen molar-refractivity contribution in [2.75, 3.05) is 31.1 Å². The Morgan fingerprint density at radius 1 is 1.00 bits per heavy atom. The van der Waals surface area contributed by atoms with Crippen molar-refractivity contribution in [3.8, 4) is 6.07 Å².